The van der Waals surface area contributed by atoms with Gasteiger partial charge in [-0.1, -0.05) is 13.8 Å². The van der Waals surface area contributed by atoms with Crippen molar-refractivity contribution in [2.75, 3.05) is 13.1 Å². The number of carboxylic acids is 1. The monoisotopic (exact) mass is 249 g/mol. The lowest BCUT2D eigenvalue weighted by Gasteiger charge is -2.37. The minimum Gasteiger partial charge on any atom is -0.480 e. The van der Waals surface area contributed by atoms with Gasteiger partial charge in [-0.25, -0.2) is 12.7 Å². The number of hydrogen-bond acceptors (Lipinski definition) is 3. The van der Waals surface area contributed by atoms with Gasteiger partial charge in [0.2, 0.25) is 10.0 Å². The summed E-state index contributed by atoms with van der Waals surface area (Å²) < 4.78 is 25.2. The van der Waals surface area contributed by atoms with Crippen molar-refractivity contribution in [2.45, 2.75) is 38.9 Å². The lowest BCUT2D eigenvalue weighted by Crippen LogP contribution is -2.48. The highest BCUT2D eigenvalue weighted by Crippen LogP contribution is 2.30. The third-order valence-corrected chi connectivity index (χ3v) is 5.15. The van der Waals surface area contributed by atoms with Crippen molar-refractivity contribution in [3.8, 4) is 0 Å². The predicted molar refractivity (Wildman–Crippen MR) is 60.6 cm³/mol. The molecule has 0 aromatic rings. The summed E-state index contributed by atoms with van der Waals surface area (Å²) in [5, 5.41) is 7.41. The SMILES string of the molecule is CC(C(=O)O)S(=O)(=O)N1CCCC(C)(C)C1. The van der Waals surface area contributed by atoms with E-state index in [1.54, 1.807) is 0 Å². The Morgan fingerprint density at radius 1 is 1.44 bits per heavy atom. The van der Waals surface area contributed by atoms with Crippen LogP contribution in [0, 0.1) is 5.41 Å². The smallest absolute Gasteiger partial charge is 0.323 e. The van der Waals surface area contributed by atoms with Crippen LogP contribution >= 0.6 is 0 Å². The Hall–Kier alpha value is -0.620. The van der Waals surface area contributed by atoms with Crippen molar-refractivity contribution in [3.05, 3.63) is 0 Å². The van der Waals surface area contributed by atoms with Crippen molar-refractivity contribution in [1.82, 2.24) is 4.31 Å². The molecule has 0 aliphatic carbocycles. The van der Waals surface area contributed by atoms with Crippen LogP contribution in [0.5, 0.6) is 0 Å². The maximum absolute atomic E-state index is 12.0. The number of piperidine rings is 1. The second kappa shape index (κ2) is 4.33. The standard InChI is InChI=1S/C10H19NO4S/c1-8(9(12)13)16(14,15)11-6-4-5-10(2,3)7-11/h8H,4-7H2,1-3H3,(H,12,13). The minimum atomic E-state index is -3.70. The molecule has 1 N–H and O–H groups in total. The van der Waals surface area contributed by atoms with Gasteiger partial charge in [0.25, 0.3) is 0 Å². The van der Waals surface area contributed by atoms with Gasteiger partial charge in [-0.3, -0.25) is 4.79 Å². The molecule has 0 amide bonds. The highest BCUT2D eigenvalue weighted by Gasteiger charge is 2.38. The summed E-state index contributed by atoms with van der Waals surface area (Å²) in [5.74, 6) is -1.29. The van der Waals surface area contributed by atoms with Gasteiger partial charge in [0, 0.05) is 13.1 Å². The number of nitrogens with zero attached hydrogens (tertiary/aromatic N) is 1. The Morgan fingerprint density at radius 3 is 2.44 bits per heavy atom. The molecule has 0 radical (unpaired) electrons. The molecule has 0 bridgehead atoms. The average molecular weight is 249 g/mol. The van der Waals surface area contributed by atoms with Crippen molar-refractivity contribution < 1.29 is 18.3 Å². The Kier molecular flexibility index (Phi) is 3.64. The maximum Gasteiger partial charge on any atom is 0.323 e. The molecule has 0 aromatic carbocycles. The summed E-state index contributed by atoms with van der Waals surface area (Å²) >= 11 is 0. The van der Waals surface area contributed by atoms with E-state index in [2.05, 4.69) is 0 Å². The molecule has 1 unspecified atom stereocenters. The fourth-order valence-electron chi connectivity index (χ4n) is 1.94. The molecular weight excluding hydrogens is 230 g/mol. The molecular formula is C10H19NO4S. The molecule has 1 saturated heterocycles. The van der Waals surface area contributed by atoms with E-state index >= 15 is 0 Å². The first-order valence-electron chi connectivity index (χ1n) is 5.38. The van der Waals surface area contributed by atoms with Gasteiger partial charge in [-0.05, 0) is 25.2 Å². The van der Waals surface area contributed by atoms with Gasteiger partial charge in [-0.2, -0.15) is 0 Å². The van der Waals surface area contributed by atoms with Gasteiger partial charge >= 0.3 is 5.97 Å². The van der Waals surface area contributed by atoms with Crippen LogP contribution in [0.25, 0.3) is 0 Å². The summed E-state index contributed by atoms with van der Waals surface area (Å²) in [6.45, 7) is 6.07. The molecule has 1 atom stereocenters. The summed E-state index contributed by atoms with van der Waals surface area (Å²) in [5.41, 5.74) is -0.0659. The summed E-state index contributed by atoms with van der Waals surface area (Å²) in [4.78, 5) is 10.7. The van der Waals surface area contributed by atoms with E-state index in [-0.39, 0.29) is 5.41 Å². The molecule has 0 saturated carbocycles. The summed E-state index contributed by atoms with van der Waals surface area (Å²) in [6.07, 6.45) is 1.76. The maximum atomic E-state index is 12.0. The molecule has 6 heteroatoms. The molecule has 1 rings (SSSR count). The van der Waals surface area contributed by atoms with E-state index in [9.17, 15) is 13.2 Å². The van der Waals surface area contributed by atoms with Crippen molar-refractivity contribution in [3.63, 3.8) is 0 Å². The Labute approximate surface area is 96.5 Å². The normalized spacial score (nSPS) is 23.9. The van der Waals surface area contributed by atoms with Crippen LogP contribution in [0.15, 0.2) is 0 Å². The fraction of sp³-hybridized carbons (Fsp3) is 0.900. The zero-order chi connectivity index (χ0) is 12.6. The highest BCUT2D eigenvalue weighted by atomic mass is 32.2. The van der Waals surface area contributed by atoms with E-state index in [0.717, 1.165) is 12.8 Å². The molecule has 1 aliphatic heterocycles. The van der Waals surface area contributed by atoms with Crippen molar-refractivity contribution >= 4 is 16.0 Å². The average Bonchev–Trinajstić information content (AvgIpc) is 2.14. The number of hydrogen-bond donors (Lipinski definition) is 1. The zero-order valence-electron chi connectivity index (χ0n) is 9.93. The first-order valence-corrected chi connectivity index (χ1v) is 6.89. The highest BCUT2D eigenvalue weighted by molar-refractivity contribution is 7.90. The van der Waals surface area contributed by atoms with Gasteiger partial charge in [0.15, 0.2) is 5.25 Å². The molecule has 0 aromatic heterocycles. The largest absolute Gasteiger partial charge is 0.480 e. The molecule has 0 spiro atoms. The van der Waals surface area contributed by atoms with Crippen LogP contribution in [0.4, 0.5) is 0 Å². The van der Waals surface area contributed by atoms with E-state index in [0.29, 0.717) is 13.1 Å². The number of carbonyl (C=O) groups is 1. The van der Waals surface area contributed by atoms with Crippen LogP contribution in [-0.2, 0) is 14.8 Å². The van der Waals surface area contributed by atoms with Gasteiger partial charge in [0.05, 0.1) is 0 Å². The van der Waals surface area contributed by atoms with Gasteiger partial charge in [0.1, 0.15) is 0 Å². The minimum absolute atomic E-state index is 0.0659. The summed E-state index contributed by atoms with van der Waals surface area (Å²) in [6, 6.07) is 0. The first kappa shape index (κ1) is 13.4. The summed E-state index contributed by atoms with van der Waals surface area (Å²) in [7, 11) is -3.70. The number of sulfonamides is 1. The number of rotatable bonds is 3. The molecule has 16 heavy (non-hydrogen) atoms. The van der Waals surface area contributed by atoms with E-state index < -0.39 is 21.2 Å². The van der Waals surface area contributed by atoms with Crippen molar-refractivity contribution in [2.24, 2.45) is 5.41 Å². The number of aliphatic carboxylic acids is 1. The van der Waals surface area contributed by atoms with E-state index in [4.69, 9.17) is 5.11 Å². The molecule has 5 nitrogen and oxygen atoms in total. The van der Waals surface area contributed by atoms with Crippen molar-refractivity contribution in [1.29, 1.82) is 0 Å². The van der Waals surface area contributed by atoms with Gasteiger partial charge < -0.3 is 5.11 Å². The van der Waals surface area contributed by atoms with Gasteiger partial charge in [-0.15, -0.1) is 0 Å². The van der Waals surface area contributed by atoms with Crippen LogP contribution in [0.1, 0.15) is 33.6 Å². The third-order valence-electron chi connectivity index (χ3n) is 3.02. The number of carboxylic acid groups (broad SMARTS) is 1. The Balaban J connectivity index is 2.88. The molecule has 94 valence electrons. The predicted octanol–water partition coefficient (Wildman–Crippen LogP) is 0.911. The van der Waals surface area contributed by atoms with Crippen LogP contribution < -0.4 is 0 Å². The molecule has 1 aliphatic rings. The molecule has 1 heterocycles. The van der Waals surface area contributed by atoms with E-state index in [1.807, 2.05) is 13.8 Å². The quantitative estimate of drug-likeness (QED) is 0.806. The lowest BCUT2D eigenvalue weighted by atomic mass is 9.85. The second-order valence-electron chi connectivity index (χ2n) is 5.13. The third kappa shape index (κ3) is 2.74. The zero-order valence-corrected chi connectivity index (χ0v) is 10.7. The first-order chi connectivity index (χ1) is 7.17. The Bertz CT molecular complexity index is 374. The van der Waals surface area contributed by atoms with Crippen LogP contribution in [0.3, 0.4) is 0 Å². The topological polar surface area (TPSA) is 74.7 Å². The second-order valence-corrected chi connectivity index (χ2v) is 7.38. The van der Waals surface area contributed by atoms with Crippen LogP contribution in [-0.4, -0.2) is 42.1 Å². The Morgan fingerprint density at radius 2 is 2.00 bits per heavy atom. The lowest BCUT2D eigenvalue weighted by molar-refractivity contribution is -0.136. The fourth-order valence-corrected chi connectivity index (χ4v) is 3.55. The molecule has 1 fully saturated rings. The van der Waals surface area contributed by atoms with E-state index in [1.165, 1.54) is 11.2 Å². The van der Waals surface area contributed by atoms with Crippen LogP contribution in [0.2, 0.25) is 0 Å².